The Balaban J connectivity index is 0.00000180. The van der Waals surface area contributed by atoms with E-state index in [-0.39, 0.29) is 24.4 Å². The molecular formula is C13H18Cl2N2OS. The number of thioether (sulfide) groups is 1. The minimum Gasteiger partial charge on any atom is -0.354 e. The van der Waals surface area contributed by atoms with Gasteiger partial charge in [-0.3, -0.25) is 4.79 Å². The van der Waals surface area contributed by atoms with Gasteiger partial charge >= 0.3 is 0 Å². The second-order valence-electron chi connectivity index (χ2n) is 4.24. The zero-order chi connectivity index (χ0) is 12.8. The molecule has 0 aliphatic carbocycles. The highest BCUT2D eigenvalue weighted by Crippen LogP contribution is 2.19. The Morgan fingerprint density at radius 1 is 1.42 bits per heavy atom. The van der Waals surface area contributed by atoms with Crippen molar-refractivity contribution in [2.75, 3.05) is 18.8 Å². The maximum atomic E-state index is 11.7. The van der Waals surface area contributed by atoms with Gasteiger partial charge in [0.25, 0.3) is 0 Å². The lowest BCUT2D eigenvalue weighted by Gasteiger charge is -2.10. The molecule has 1 aromatic carbocycles. The fourth-order valence-corrected chi connectivity index (χ4v) is 2.80. The molecule has 106 valence electrons. The second kappa shape index (κ2) is 8.69. The van der Waals surface area contributed by atoms with E-state index < -0.39 is 0 Å². The first kappa shape index (κ1) is 16.6. The van der Waals surface area contributed by atoms with Crippen LogP contribution in [-0.4, -0.2) is 30.8 Å². The average Bonchev–Trinajstić information content (AvgIpc) is 2.90. The largest absolute Gasteiger partial charge is 0.354 e. The molecule has 1 aromatic rings. The van der Waals surface area contributed by atoms with Crippen molar-refractivity contribution in [1.29, 1.82) is 0 Å². The molecule has 3 nitrogen and oxygen atoms in total. The molecule has 0 saturated carbocycles. The fraction of sp³-hybridized carbons (Fsp3) is 0.462. The quantitative estimate of drug-likeness (QED) is 0.647. The van der Waals surface area contributed by atoms with Crippen molar-refractivity contribution in [2.45, 2.75) is 23.8 Å². The van der Waals surface area contributed by atoms with Crippen LogP contribution in [0.4, 0.5) is 0 Å². The topological polar surface area (TPSA) is 41.1 Å². The Morgan fingerprint density at radius 2 is 2.16 bits per heavy atom. The molecule has 1 aliphatic heterocycles. The summed E-state index contributed by atoms with van der Waals surface area (Å²) in [4.78, 5) is 12.9. The molecule has 1 unspecified atom stereocenters. The number of halogens is 2. The highest BCUT2D eigenvalue weighted by molar-refractivity contribution is 7.99. The Bertz CT molecular complexity index is 394. The van der Waals surface area contributed by atoms with Gasteiger partial charge in [0.1, 0.15) is 0 Å². The summed E-state index contributed by atoms with van der Waals surface area (Å²) >= 11 is 7.53. The third kappa shape index (κ3) is 5.61. The highest BCUT2D eigenvalue weighted by Gasteiger charge is 2.20. The van der Waals surface area contributed by atoms with Crippen LogP contribution in [0.3, 0.4) is 0 Å². The third-order valence-corrected chi connectivity index (χ3v) is 4.13. The van der Waals surface area contributed by atoms with Gasteiger partial charge in [-0.2, -0.15) is 0 Å². The van der Waals surface area contributed by atoms with Crippen molar-refractivity contribution in [2.24, 2.45) is 0 Å². The standard InChI is InChI=1S/C13H17ClN2OS.ClH/c14-10-3-5-11(6-4-10)18-9-8-16-13(17)12-2-1-7-15-12;/h3-6,12,15H,1-2,7-9H2,(H,16,17);1H. The van der Waals surface area contributed by atoms with E-state index in [1.807, 2.05) is 24.3 Å². The Kier molecular flexibility index (Phi) is 7.61. The van der Waals surface area contributed by atoms with Gasteiger partial charge in [-0.05, 0) is 43.7 Å². The number of benzene rings is 1. The van der Waals surface area contributed by atoms with E-state index >= 15 is 0 Å². The van der Waals surface area contributed by atoms with Gasteiger partial charge in [0.2, 0.25) is 5.91 Å². The zero-order valence-electron chi connectivity index (χ0n) is 10.5. The normalized spacial score (nSPS) is 17.8. The lowest BCUT2D eigenvalue weighted by Crippen LogP contribution is -2.41. The third-order valence-electron chi connectivity index (χ3n) is 2.86. The first-order valence-corrected chi connectivity index (χ1v) is 7.51. The van der Waals surface area contributed by atoms with E-state index in [9.17, 15) is 4.79 Å². The van der Waals surface area contributed by atoms with Gasteiger partial charge in [-0.15, -0.1) is 24.2 Å². The lowest BCUT2D eigenvalue weighted by molar-refractivity contribution is -0.122. The first-order chi connectivity index (χ1) is 8.75. The average molecular weight is 321 g/mol. The van der Waals surface area contributed by atoms with Gasteiger partial charge in [-0.1, -0.05) is 11.6 Å². The fourth-order valence-electron chi connectivity index (χ4n) is 1.91. The first-order valence-electron chi connectivity index (χ1n) is 6.15. The molecule has 19 heavy (non-hydrogen) atoms. The van der Waals surface area contributed by atoms with Gasteiger partial charge in [-0.25, -0.2) is 0 Å². The molecule has 1 heterocycles. The molecule has 2 rings (SSSR count). The molecule has 1 fully saturated rings. The van der Waals surface area contributed by atoms with Crippen LogP contribution in [0, 0.1) is 0 Å². The van der Waals surface area contributed by atoms with Crippen LogP contribution in [-0.2, 0) is 4.79 Å². The van der Waals surface area contributed by atoms with E-state index in [1.165, 1.54) is 4.90 Å². The van der Waals surface area contributed by atoms with E-state index in [0.29, 0.717) is 6.54 Å². The smallest absolute Gasteiger partial charge is 0.237 e. The number of rotatable bonds is 5. The van der Waals surface area contributed by atoms with Crippen molar-refractivity contribution in [3.63, 3.8) is 0 Å². The number of carbonyl (C=O) groups is 1. The lowest BCUT2D eigenvalue weighted by atomic mass is 10.2. The molecule has 0 spiro atoms. The van der Waals surface area contributed by atoms with Gasteiger partial charge in [0, 0.05) is 22.2 Å². The Morgan fingerprint density at radius 3 is 2.79 bits per heavy atom. The van der Waals surface area contributed by atoms with Gasteiger partial charge in [0.15, 0.2) is 0 Å². The van der Waals surface area contributed by atoms with Crippen molar-refractivity contribution >= 4 is 41.7 Å². The summed E-state index contributed by atoms with van der Waals surface area (Å²) in [7, 11) is 0. The second-order valence-corrected chi connectivity index (χ2v) is 5.85. The monoisotopic (exact) mass is 320 g/mol. The molecular weight excluding hydrogens is 303 g/mol. The van der Waals surface area contributed by atoms with Crippen LogP contribution < -0.4 is 10.6 Å². The number of hydrogen-bond acceptors (Lipinski definition) is 3. The van der Waals surface area contributed by atoms with Crippen molar-refractivity contribution in [3.05, 3.63) is 29.3 Å². The van der Waals surface area contributed by atoms with Gasteiger partial charge < -0.3 is 10.6 Å². The molecule has 1 amide bonds. The molecule has 0 bridgehead atoms. The summed E-state index contributed by atoms with van der Waals surface area (Å²) in [5, 5.41) is 6.90. The highest BCUT2D eigenvalue weighted by atomic mass is 35.5. The van der Waals surface area contributed by atoms with Crippen molar-refractivity contribution in [1.82, 2.24) is 10.6 Å². The SMILES string of the molecule is Cl.O=C(NCCSc1ccc(Cl)cc1)C1CCCN1. The van der Waals surface area contributed by atoms with Crippen LogP contribution in [0.15, 0.2) is 29.2 Å². The minimum absolute atomic E-state index is 0. The summed E-state index contributed by atoms with van der Waals surface area (Å²) < 4.78 is 0. The van der Waals surface area contributed by atoms with Crippen LogP contribution in [0.1, 0.15) is 12.8 Å². The number of amides is 1. The molecule has 1 saturated heterocycles. The summed E-state index contributed by atoms with van der Waals surface area (Å²) in [5.41, 5.74) is 0. The molecule has 2 N–H and O–H groups in total. The molecule has 6 heteroatoms. The van der Waals surface area contributed by atoms with E-state index in [2.05, 4.69) is 10.6 Å². The predicted octanol–water partition coefficient (Wildman–Crippen LogP) is 2.72. The predicted molar refractivity (Wildman–Crippen MR) is 83.5 cm³/mol. The maximum absolute atomic E-state index is 11.7. The van der Waals surface area contributed by atoms with Crippen LogP contribution >= 0.6 is 35.8 Å². The maximum Gasteiger partial charge on any atom is 0.237 e. The van der Waals surface area contributed by atoms with E-state index in [0.717, 1.165) is 30.2 Å². The van der Waals surface area contributed by atoms with Gasteiger partial charge in [0.05, 0.1) is 6.04 Å². The molecule has 1 aliphatic rings. The van der Waals surface area contributed by atoms with Crippen molar-refractivity contribution < 1.29 is 4.79 Å². The van der Waals surface area contributed by atoms with E-state index in [4.69, 9.17) is 11.6 Å². The molecule has 0 aromatic heterocycles. The summed E-state index contributed by atoms with van der Waals surface area (Å²) in [5.74, 6) is 1.00. The summed E-state index contributed by atoms with van der Waals surface area (Å²) in [6.45, 7) is 1.65. The number of nitrogens with one attached hydrogen (secondary N) is 2. The molecule has 1 atom stereocenters. The van der Waals surface area contributed by atoms with Crippen LogP contribution in [0.2, 0.25) is 5.02 Å². The Hall–Kier alpha value is -0.420. The Labute approximate surface area is 129 Å². The van der Waals surface area contributed by atoms with E-state index in [1.54, 1.807) is 11.8 Å². The van der Waals surface area contributed by atoms with Crippen LogP contribution in [0.5, 0.6) is 0 Å². The minimum atomic E-state index is 0. The zero-order valence-corrected chi connectivity index (χ0v) is 12.9. The van der Waals surface area contributed by atoms with Crippen molar-refractivity contribution in [3.8, 4) is 0 Å². The number of hydrogen-bond donors (Lipinski definition) is 2. The molecule has 0 radical (unpaired) electrons. The summed E-state index contributed by atoms with van der Waals surface area (Å²) in [6, 6.07) is 7.77. The number of carbonyl (C=O) groups excluding carboxylic acids is 1. The van der Waals surface area contributed by atoms with Crippen LogP contribution in [0.25, 0.3) is 0 Å². The summed E-state index contributed by atoms with van der Waals surface area (Å²) in [6.07, 6.45) is 2.05.